The molecular weight excluding hydrogens is 1050 g/mol. The van der Waals surface area contributed by atoms with E-state index in [-0.39, 0.29) is 5.28 Å². The van der Waals surface area contributed by atoms with E-state index in [1.165, 1.54) is 27.6 Å². The minimum atomic E-state index is -1.45. The normalized spacial score (nSPS) is 10.8. The fraction of sp³-hybridized carbons (Fsp3) is 0. The first-order chi connectivity index (χ1) is 41.4. The van der Waals surface area contributed by atoms with Crippen molar-refractivity contribution in [1.29, 1.82) is 0 Å². The quantitative estimate of drug-likeness (QED) is 0.130. The minimum absolute atomic E-state index is 0.191. The Morgan fingerprint density at radius 3 is 0.857 bits per heavy atom. The molecule has 0 atom stereocenters. The predicted octanol–water partition coefficient (Wildman–Crippen LogP) is 17.1. The molecule has 0 aliphatic heterocycles. The van der Waals surface area contributed by atoms with Crippen LogP contribution in [0.3, 0.4) is 0 Å². The van der Waals surface area contributed by atoms with E-state index in [0.717, 1.165) is 66.2 Å². The summed E-state index contributed by atoms with van der Waals surface area (Å²) >= 11 is 6.11. The number of fused-ring (bicyclic) bond motifs is 2. The van der Waals surface area contributed by atoms with Gasteiger partial charge in [0, 0.05) is 27.8 Å². The molecule has 14 aromatic rings. The van der Waals surface area contributed by atoms with Crippen molar-refractivity contribution in [2.24, 2.45) is 0 Å². The highest BCUT2D eigenvalue weighted by Crippen LogP contribution is 2.36. The molecule has 2 heterocycles. The van der Waals surface area contributed by atoms with Crippen LogP contribution in [-0.2, 0) is 0 Å². The average molecular weight is 1100 g/mol. The minimum Gasteiger partial charge on any atom is -0.423 e. The van der Waals surface area contributed by atoms with E-state index in [1.54, 1.807) is 6.07 Å². The van der Waals surface area contributed by atoms with Crippen LogP contribution in [0.4, 0.5) is 0 Å². The van der Waals surface area contributed by atoms with Crippen molar-refractivity contribution in [2.45, 2.75) is 0 Å². The zero-order valence-electron chi connectivity index (χ0n) is 45.4. The van der Waals surface area contributed by atoms with Gasteiger partial charge in [0.05, 0.1) is 0 Å². The maximum Gasteiger partial charge on any atom is 0.489 e. The summed E-state index contributed by atoms with van der Waals surface area (Å²) in [5, 5.41) is 23.2. The molecule has 0 amide bonds. The van der Waals surface area contributed by atoms with Crippen LogP contribution in [0.25, 0.3) is 123 Å². The summed E-state index contributed by atoms with van der Waals surface area (Å²) in [5.41, 5.74) is 14.5. The van der Waals surface area contributed by atoms with E-state index in [2.05, 4.69) is 161 Å². The van der Waals surface area contributed by atoms with Gasteiger partial charge in [-0.05, 0) is 89.2 Å². The fourth-order valence-electron chi connectivity index (χ4n) is 10.2. The highest BCUT2D eigenvalue weighted by atomic mass is 35.5. The molecule has 0 radical (unpaired) electrons. The number of aromatic nitrogens is 6. The maximum atomic E-state index is 9.44. The first kappa shape index (κ1) is 54.1. The van der Waals surface area contributed by atoms with Gasteiger partial charge in [-0.2, -0.15) is 9.97 Å². The Hall–Kier alpha value is -10.5. The first-order valence-electron chi connectivity index (χ1n) is 27.5. The summed E-state index contributed by atoms with van der Waals surface area (Å²) in [4.78, 5) is 28.0. The van der Waals surface area contributed by atoms with Crippen molar-refractivity contribution in [3.8, 4) is 101 Å². The largest absolute Gasteiger partial charge is 0.489 e. The van der Waals surface area contributed by atoms with Gasteiger partial charge in [0.25, 0.3) is 0 Å². The Morgan fingerprint density at radius 2 is 0.464 bits per heavy atom. The van der Waals surface area contributed by atoms with Crippen LogP contribution < -0.4 is 5.46 Å². The molecule has 0 aliphatic carbocycles. The Morgan fingerprint density at radius 1 is 0.214 bits per heavy atom. The van der Waals surface area contributed by atoms with Gasteiger partial charge in [0.15, 0.2) is 29.1 Å². The number of halogens is 1. The molecule has 2 N–H and O–H groups in total. The van der Waals surface area contributed by atoms with E-state index in [0.29, 0.717) is 34.6 Å². The lowest BCUT2D eigenvalue weighted by atomic mass is 9.76. The molecule has 0 bridgehead atoms. The summed E-state index contributed by atoms with van der Waals surface area (Å²) in [6.45, 7) is 0. The molecule has 8 nitrogen and oxygen atoms in total. The lowest BCUT2D eigenvalue weighted by Gasteiger charge is -2.13. The van der Waals surface area contributed by atoms with E-state index < -0.39 is 7.12 Å². The number of benzene rings is 12. The molecule has 0 spiro atoms. The lowest BCUT2D eigenvalue weighted by molar-refractivity contribution is 0.426. The summed E-state index contributed by atoms with van der Waals surface area (Å²) < 4.78 is 0. The van der Waals surface area contributed by atoms with Crippen LogP contribution in [0.5, 0.6) is 0 Å². The second-order valence-electron chi connectivity index (χ2n) is 19.7. The molecule has 2 aromatic heterocycles. The van der Waals surface area contributed by atoms with Gasteiger partial charge >= 0.3 is 7.12 Å². The van der Waals surface area contributed by atoms with Crippen LogP contribution in [0.15, 0.2) is 303 Å². The summed E-state index contributed by atoms with van der Waals surface area (Å²) in [6, 6.07) is 102. The topological polar surface area (TPSA) is 118 Å². The zero-order valence-corrected chi connectivity index (χ0v) is 46.2. The van der Waals surface area contributed by atoms with E-state index in [9.17, 15) is 10.0 Å². The Labute approximate surface area is 493 Å². The molecule has 0 saturated heterocycles. The third-order valence-electron chi connectivity index (χ3n) is 14.4. The molecule has 12 aromatic carbocycles. The number of nitrogens with zero attached hydrogens (tertiary/aromatic N) is 6. The number of rotatable bonds is 10. The van der Waals surface area contributed by atoms with Gasteiger partial charge in [-0.25, -0.2) is 19.9 Å². The Kier molecular flexibility index (Phi) is 16.4. The molecule has 0 unspecified atom stereocenters. The number of hydrogen-bond acceptors (Lipinski definition) is 8. The lowest BCUT2D eigenvalue weighted by Crippen LogP contribution is -2.30. The Balaban J connectivity index is 0.000000135. The molecule has 0 aliphatic rings. The van der Waals surface area contributed by atoms with Crippen LogP contribution in [0, 0.1) is 0 Å². The van der Waals surface area contributed by atoms with Gasteiger partial charge in [0.2, 0.25) is 5.28 Å². The van der Waals surface area contributed by atoms with E-state index in [1.807, 2.05) is 152 Å². The van der Waals surface area contributed by atoms with Crippen molar-refractivity contribution >= 4 is 45.7 Å². The molecule has 84 heavy (non-hydrogen) atoms. The Bertz CT molecular complexity index is 4490. The molecule has 400 valence electrons. The second-order valence-corrected chi connectivity index (χ2v) is 20.1. The van der Waals surface area contributed by atoms with Crippen LogP contribution in [0.2, 0.25) is 5.28 Å². The smallest absolute Gasteiger partial charge is 0.423 e. The molecule has 0 fully saturated rings. The van der Waals surface area contributed by atoms with Gasteiger partial charge in [-0.3, -0.25) is 0 Å². The monoisotopic (exact) mass is 1100 g/mol. The van der Waals surface area contributed by atoms with Crippen molar-refractivity contribution in [3.63, 3.8) is 0 Å². The first-order valence-corrected chi connectivity index (χ1v) is 27.9. The molecular formula is C74H52BClN6O2. The van der Waals surface area contributed by atoms with Crippen molar-refractivity contribution in [1.82, 2.24) is 29.9 Å². The molecule has 14 rings (SSSR count). The van der Waals surface area contributed by atoms with Crippen molar-refractivity contribution in [3.05, 3.63) is 309 Å². The standard InChI is InChI=1S/C37H25N3.C21H14ClN3.C16H13BO2/c1-4-12-26(13-5-1)27-20-22-30(23-21-27)36-38-35(29-16-8-3-9-17-29)39-37(40-36)34-25-24-31(28-14-6-2-7-15-28)32-18-10-11-19-33(32)34;22-21-24-19(17-9-5-2-6-10-17)23-20(25-21)18-13-11-16(12-14-18)15-7-3-1-4-8-15;18-17(19)16-11-10-13(12-6-2-1-3-7-12)14-8-4-5-9-15(14)16/h1-25H;1-14H;1-11,18-19H. The zero-order chi connectivity index (χ0) is 57.0. The fourth-order valence-corrected chi connectivity index (χ4v) is 10.4. The van der Waals surface area contributed by atoms with Gasteiger partial charge in [-0.1, -0.05) is 297 Å². The molecule has 10 heteroatoms. The third-order valence-corrected chi connectivity index (χ3v) is 14.5. The highest BCUT2D eigenvalue weighted by molar-refractivity contribution is 6.62. The predicted molar refractivity (Wildman–Crippen MR) is 345 cm³/mol. The van der Waals surface area contributed by atoms with E-state index in [4.69, 9.17) is 26.6 Å². The van der Waals surface area contributed by atoms with Crippen molar-refractivity contribution < 1.29 is 10.0 Å². The highest BCUT2D eigenvalue weighted by Gasteiger charge is 2.18. The maximum absolute atomic E-state index is 9.44. The number of hydrogen-bond donors (Lipinski definition) is 2. The second kappa shape index (κ2) is 25.5. The van der Waals surface area contributed by atoms with Crippen LogP contribution in [-0.4, -0.2) is 47.1 Å². The van der Waals surface area contributed by atoms with Gasteiger partial charge in [0.1, 0.15) is 0 Å². The molecule has 0 saturated carbocycles. The van der Waals surface area contributed by atoms with Crippen LogP contribution >= 0.6 is 11.6 Å². The van der Waals surface area contributed by atoms with Gasteiger partial charge < -0.3 is 10.0 Å². The average Bonchev–Trinajstić information content (AvgIpc) is 3.76. The van der Waals surface area contributed by atoms with E-state index >= 15 is 0 Å². The van der Waals surface area contributed by atoms with Crippen molar-refractivity contribution in [2.75, 3.05) is 0 Å². The van der Waals surface area contributed by atoms with Gasteiger partial charge in [-0.15, -0.1) is 0 Å². The third kappa shape index (κ3) is 12.4. The SMILES string of the molecule is Clc1nc(-c2ccccc2)nc(-c2ccc(-c3ccccc3)cc2)n1.OB(O)c1ccc(-c2ccccc2)c2ccccc12.c1ccc(-c2ccc(-c3nc(-c4ccccc4)nc(-c4ccc(-c5ccccc5)c5ccccc45)n3)cc2)cc1. The summed E-state index contributed by atoms with van der Waals surface area (Å²) in [6.07, 6.45) is 0. The summed E-state index contributed by atoms with van der Waals surface area (Å²) in [7, 11) is -1.45. The summed E-state index contributed by atoms with van der Waals surface area (Å²) in [5.74, 6) is 3.11. The van der Waals surface area contributed by atoms with Crippen LogP contribution in [0.1, 0.15) is 0 Å².